The molecule has 1 aromatic rings. The summed E-state index contributed by atoms with van der Waals surface area (Å²) in [5, 5.41) is 10.6. The first-order valence-electron chi connectivity index (χ1n) is 8.98. The van der Waals surface area contributed by atoms with Crippen LogP contribution in [0.25, 0.3) is 0 Å². The summed E-state index contributed by atoms with van der Waals surface area (Å²) in [6.07, 6.45) is 4.93. The Bertz CT molecular complexity index is 611. The second kappa shape index (κ2) is 8.78. The minimum absolute atomic E-state index is 0.0870. The smallest absolute Gasteiger partial charge is 0.360 e. The molecule has 1 aromatic heterocycles. The lowest BCUT2D eigenvalue weighted by molar-refractivity contribution is -0.137. The van der Waals surface area contributed by atoms with Gasteiger partial charge in [-0.3, -0.25) is 4.79 Å². The zero-order valence-electron chi connectivity index (χ0n) is 15.3. The lowest BCUT2D eigenvalue weighted by atomic mass is 9.92. The Morgan fingerprint density at radius 3 is 2.84 bits per heavy atom. The number of aromatic nitrogens is 3. The molecule has 2 atom stereocenters. The number of esters is 1. The number of carbonyl (C=O) groups is 2. The monoisotopic (exact) mass is 348 g/mol. The summed E-state index contributed by atoms with van der Waals surface area (Å²) in [5.74, 6) is -0.0579. The van der Waals surface area contributed by atoms with Gasteiger partial charge in [0.05, 0.1) is 12.6 Å². The van der Waals surface area contributed by atoms with Crippen LogP contribution in [0.1, 0.15) is 68.7 Å². The third-order valence-electron chi connectivity index (χ3n) is 4.45. The van der Waals surface area contributed by atoms with Crippen molar-refractivity contribution in [2.45, 2.75) is 52.5 Å². The average Bonchev–Trinajstić information content (AvgIpc) is 3.22. The average molecular weight is 348 g/mol. The Hall–Kier alpha value is -2.18. The molecule has 0 bridgehead atoms. The largest absolute Gasteiger partial charge is 0.461 e. The van der Waals surface area contributed by atoms with Gasteiger partial charge in [-0.1, -0.05) is 19.9 Å². The second-order valence-electron chi connectivity index (χ2n) is 6.82. The molecule has 1 saturated heterocycles. The summed E-state index contributed by atoms with van der Waals surface area (Å²) in [7, 11) is 0. The van der Waals surface area contributed by atoms with E-state index in [1.54, 1.807) is 13.0 Å². The quantitative estimate of drug-likeness (QED) is 0.576. The highest BCUT2D eigenvalue weighted by Gasteiger charge is 2.37. The third kappa shape index (κ3) is 4.46. The first-order chi connectivity index (χ1) is 12.0. The molecule has 138 valence electrons. The van der Waals surface area contributed by atoms with Gasteiger partial charge in [-0.2, -0.15) is 10.3 Å². The number of likely N-dealkylation sites (tertiary alicyclic amines) is 1. The molecule has 25 heavy (non-hydrogen) atoms. The molecule has 0 spiro atoms. The molecular weight excluding hydrogens is 320 g/mol. The Balaban J connectivity index is 2.22. The Morgan fingerprint density at radius 1 is 1.44 bits per heavy atom. The van der Waals surface area contributed by atoms with Crippen LogP contribution in [0.2, 0.25) is 0 Å². The minimum Gasteiger partial charge on any atom is -0.461 e. The van der Waals surface area contributed by atoms with Crippen LogP contribution in [0.15, 0.2) is 12.7 Å². The molecule has 0 aromatic carbocycles. The highest BCUT2D eigenvalue weighted by molar-refractivity contribution is 5.89. The predicted octanol–water partition coefficient (Wildman–Crippen LogP) is 2.88. The van der Waals surface area contributed by atoms with E-state index in [2.05, 4.69) is 35.8 Å². The number of allylic oxidation sites excluding steroid dienone is 1. The van der Waals surface area contributed by atoms with Gasteiger partial charge in [0.1, 0.15) is 5.69 Å². The number of hydrogen-bond donors (Lipinski definition) is 1. The van der Waals surface area contributed by atoms with E-state index in [9.17, 15) is 9.59 Å². The fourth-order valence-corrected chi connectivity index (χ4v) is 3.44. The number of carbonyl (C=O) groups excluding carboxylic acids is 2. The Kier molecular flexibility index (Phi) is 6.73. The maximum atomic E-state index is 13.1. The fraction of sp³-hybridized carbons (Fsp3) is 0.667. The van der Waals surface area contributed by atoms with E-state index >= 15 is 0 Å². The topological polar surface area (TPSA) is 88.2 Å². The SMILES string of the molecule is C=CCC(CC(C)C)C(=O)N1CCCC1c1n[nH]nc1C(=O)OCC. The number of aromatic amines is 1. The summed E-state index contributed by atoms with van der Waals surface area (Å²) in [6.45, 7) is 10.7. The van der Waals surface area contributed by atoms with Gasteiger partial charge in [0.25, 0.3) is 0 Å². The van der Waals surface area contributed by atoms with E-state index in [0.717, 1.165) is 19.3 Å². The Labute approximate surface area is 148 Å². The normalized spacial score (nSPS) is 18.4. The van der Waals surface area contributed by atoms with Crippen molar-refractivity contribution in [1.82, 2.24) is 20.3 Å². The standard InChI is InChI=1S/C18H28N4O3/c1-5-8-13(11-12(3)4)17(23)22-10-7-9-14(22)15-16(20-21-19-15)18(24)25-6-2/h5,12-14H,1,6-11H2,2-4H3,(H,19,20,21). The van der Waals surface area contributed by atoms with Crippen molar-refractivity contribution in [3.05, 3.63) is 24.0 Å². The van der Waals surface area contributed by atoms with Crippen molar-refractivity contribution < 1.29 is 14.3 Å². The molecule has 7 nitrogen and oxygen atoms in total. The van der Waals surface area contributed by atoms with Crippen molar-refractivity contribution in [2.24, 2.45) is 11.8 Å². The molecule has 1 N–H and O–H groups in total. The first kappa shape index (κ1) is 19.1. The molecule has 1 aliphatic heterocycles. The fourth-order valence-electron chi connectivity index (χ4n) is 3.44. The van der Waals surface area contributed by atoms with E-state index in [1.807, 2.05) is 4.90 Å². The number of nitrogens with zero attached hydrogens (tertiary/aromatic N) is 3. The lowest BCUT2D eigenvalue weighted by Crippen LogP contribution is -2.36. The van der Waals surface area contributed by atoms with E-state index in [-0.39, 0.29) is 30.2 Å². The van der Waals surface area contributed by atoms with Crippen LogP contribution in [-0.2, 0) is 9.53 Å². The number of ether oxygens (including phenoxy) is 1. The van der Waals surface area contributed by atoms with Gasteiger partial charge >= 0.3 is 5.97 Å². The van der Waals surface area contributed by atoms with E-state index < -0.39 is 5.97 Å². The molecule has 2 heterocycles. The van der Waals surface area contributed by atoms with Crippen molar-refractivity contribution >= 4 is 11.9 Å². The van der Waals surface area contributed by atoms with Crippen LogP contribution in [0.4, 0.5) is 0 Å². The second-order valence-corrected chi connectivity index (χ2v) is 6.82. The maximum absolute atomic E-state index is 13.1. The summed E-state index contributed by atoms with van der Waals surface area (Å²) in [4.78, 5) is 27.0. The van der Waals surface area contributed by atoms with Crippen LogP contribution >= 0.6 is 0 Å². The minimum atomic E-state index is -0.504. The molecule has 0 aliphatic carbocycles. The highest BCUT2D eigenvalue weighted by Crippen LogP contribution is 2.34. The van der Waals surface area contributed by atoms with Gasteiger partial charge in [0.2, 0.25) is 5.91 Å². The molecule has 0 radical (unpaired) electrons. The summed E-state index contributed by atoms with van der Waals surface area (Å²) >= 11 is 0. The highest BCUT2D eigenvalue weighted by atomic mass is 16.5. The van der Waals surface area contributed by atoms with Crippen molar-refractivity contribution in [3.8, 4) is 0 Å². The van der Waals surface area contributed by atoms with Crippen molar-refractivity contribution in [1.29, 1.82) is 0 Å². The third-order valence-corrected chi connectivity index (χ3v) is 4.45. The summed E-state index contributed by atoms with van der Waals surface area (Å²) in [6, 6.07) is -0.231. The number of hydrogen-bond acceptors (Lipinski definition) is 5. The molecule has 7 heteroatoms. The van der Waals surface area contributed by atoms with Crippen LogP contribution < -0.4 is 0 Å². The van der Waals surface area contributed by atoms with Crippen LogP contribution in [0.5, 0.6) is 0 Å². The summed E-state index contributed by atoms with van der Waals surface area (Å²) < 4.78 is 5.04. The van der Waals surface area contributed by atoms with E-state index in [1.165, 1.54) is 0 Å². The molecule has 1 amide bonds. The van der Waals surface area contributed by atoms with Gasteiger partial charge in [0.15, 0.2) is 5.69 Å². The van der Waals surface area contributed by atoms with Crippen molar-refractivity contribution in [3.63, 3.8) is 0 Å². The van der Waals surface area contributed by atoms with Crippen molar-refractivity contribution in [2.75, 3.05) is 13.2 Å². The van der Waals surface area contributed by atoms with E-state index in [4.69, 9.17) is 4.74 Å². The number of H-pyrrole nitrogens is 1. The van der Waals surface area contributed by atoms with Crippen LogP contribution in [-0.4, -0.2) is 45.3 Å². The number of nitrogens with one attached hydrogen (secondary N) is 1. The van der Waals surface area contributed by atoms with Gasteiger partial charge in [-0.05, 0) is 38.5 Å². The lowest BCUT2D eigenvalue weighted by Gasteiger charge is -2.28. The molecule has 1 fully saturated rings. The first-order valence-corrected chi connectivity index (χ1v) is 8.98. The number of rotatable bonds is 8. The summed E-state index contributed by atoms with van der Waals surface area (Å²) in [5.41, 5.74) is 0.682. The predicted molar refractivity (Wildman–Crippen MR) is 93.8 cm³/mol. The van der Waals surface area contributed by atoms with Gasteiger partial charge < -0.3 is 9.64 Å². The molecule has 2 rings (SSSR count). The molecule has 2 unspecified atom stereocenters. The van der Waals surface area contributed by atoms with Crippen LogP contribution in [0, 0.1) is 11.8 Å². The maximum Gasteiger partial charge on any atom is 0.360 e. The van der Waals surface area contributed by atoms with Crippen LogP contribution in [0.3, 0.4) is 0 Å². The molecule has 1 aliphatic rings. The zero-order chi connectivity index (χ0) is 18.4. The molecule has 0 saturated carbocycles. The van der Waals surface area contributed by atoms with Gasteiger partial charge in [-0.25, -0.2) is 4.79 Å². The molecular formula is C18H28N4O3. The number of amides is 1. The van der Waals surface area contributed by atoms with Gasteiger partial charge in [0, 0.05) is 12.5 Å². The Morgan fingerprint density at radius 2 is 2.20 bits per heavy atom. The van der Waals surface area contributed by atoms with Gasteiger partial charge in [-0.15, -0.1) is 11.7 Å². The van der Waals surface area contributed by atoms with E-state index in [0.29, 0.717) is 24.6 Å². The zero-order valence-corrected chi connectivity index (χ0v) is 15.3.